The van der Waals surface area contributed by atoms with Crippen LogP contribution in [0, 0.1) is 0 Å². The van der Waals surface area contributed by atoms with E-state index in [0.29, 0.717) is 23.1 Å². The van der Waals surface area contributed by atoms with Gasteiger partial charge in [-0.25, -0.2) is 0 Å². The number of amides is 2. The first-order valence-corrected chi connectivity index (χ1v) is 6.63. The number of ether oxygens (including phenoxy) is 1. The van der Waals surface area contributed by atoms with Crippen LogP contribution in [-0.2, 0) is 9.59 Å². The van der Waals surface area contributed by atoms with Crippen LogP contribution in [0.4, 0.5) is 5.69 Å². The number of carbonyl (C=O) groups is 2. The number of carbonyl (C=O) groups excluding carboxylic acids is 2. The molecule has 0 saturated heterocycles. The fourth-order valence-corrected chi connectivity index (χ4v) is 1.56. The minimum Gasteiger partial charge on any atom is -0.491 e. The van der Waals surface area contributed by atoms with Gasteiger partial charge in [-0.2, -0.15) is 0 Å². The standard InChI is InChI=1S/C13H18ClN3O3/c1-2-5-20-11-4-3-9(14)6-10(11)17-13(19)8-16-12(18)7-15/h3-4,6H,2,5,7-8,15H2,1H3,(H,16,18)(H,17,19). The molecule has 0 aromatic heterocycles. The number of halogens is 1. The summed E-state index contributed by atoms with van der Waals surface area (Å²) < 4.78 is 5.51. The van der Waals surface area contributed by atoms with E-state index in [-0.39, 0.29) is 19.0 Å². The van der Waals surface area contributed by atoms with E-state index in [4.69, 9.17) is 22.1 Å². The van der Waals surface area contributed by atoms with E-state index in [0.717, 1.165) is 6.42 Å². The second-order valence-corrected chi connectivity index (χ2v) is 4.45. The predicted octanol–water partition coefficient (Wildman–Crippen LogP) is 1.14. The Morgan fingerprint density at radius 3 is 2.75 bits per heavy atom. The zero-order valence-corrected chi connectivity index (χ0v) is 12.0. The molecule has 110 valence electrons. The van der Waals surface area contributed by atoms with E-state index < -0.39 is 5.91 Å². The van der Waals surface area contributed by atoms with Gasteiger partial charge in [0.1, 0.15) is 5.75 Å². The zero-order valence-electron chi connectivity index (χ0n) is 11.2. The van der Waals surface area contributed by atoms with E-state index in [1.807, 2.05) is 6.92 Å². The van der Waals surface area contributed by atoms with Crippen molar-refractivity contribution < 1.29 is 14.3 Å². The summed E-state index contributed by atoms with van der Waals surface area (Å²) in [6, 6.07) is 4.96. The summed E-state index contributed by atoms with van der Waals surface area (Å²) in [6.45, 7) is 2.20. The van der Waals surface area contributed by atoms with Crippen LogP contribution in [0.3, 0.4) is 0 Å². The van der Waals surface area contributed by atoms with Crippen molar-refractivity contribution in [3.8, 4) is 5.75 Å². The van der Waals surface area contributed by atoms with Crippen LogP contribution in [-0.4, -0.2) is 31.5 Å². The molecule has 6 nitrogen and oxygen atoms in total. The lowest BCUT2D eigenvalue weighted by Crippen LogP contribution is -2.36. The van der Waals surface area contributed by atoms with Crippen molar-refractivity contribution >= 4 is 29.1 Å². The third-order valence-corrected chi connectivity index (χ3v) is 2.54. The van der Waals surface area contributed by atoms with Gasteiger partial charge in [-0.15, -0.1) is 0 Å². The van der Waals surface area contributed by atoms with E-state index in [1.165, 1.54) is 0 Å². The summed E-state index contributed by atoms with van der Waals surface area (Å²) in [5, 5.41) is 5.50. The molecule has 1 aromatic rings. The van der Waals surface area contributed by atoms with Gasteiger partial charge in [0.25, 0.3) is 0 Å². The molecule has 2 amide bonds. The third-order valence-electron chi connectivity index (χ3n) is 2.31. The summed E-state index contributed by atoms with van der Waals surface area (Å²) >= 11 is 5.89. The molecule has 0 atom stereocenters. The SMILES string of the molecule is CCCOc1ccc(Cl)cc1NC(=O)CNC(=O)CN. The van der Waals surface area contributed by atoms with Crippen LogP contribution in [0.25, 0.3) is 0 Å². The van der Waals surface area contributed by atoms with Crippen molar-refractivity contribution in [2.45, 2.75) is 13.3 Å². The molecule has 0 saturated carbocycles. The van der Waals surface area contributed by atoms with Gasteiger partial charge in [0.05, 0.1) is 25.4 Å². The fourth-order valence-electron chi connectivity index (χ4n) is 1.38. The number of rotatable bonds is 7. The summed E-state index contributed by atoms with van der Waals surface area (Å²) in [7, 11) is 0. The molecule has 0 aliphatic carbocycles. The minimum atomic E-state index is -0.395. The number of nitrogens with one attached hydrogen (secondary N) is 2. The van der Waals surface area contributed by atoms with Crippen molar-refractivity contribution in [1.82, 2.24) is 5.32 Å². The van der Waals surface area contributed by atoms with Crippen molar-refractivity contribution in [1.29, 1.82) is 0 Å². The zero-order chi connectivity index (χ0) is 15.0. The van der Waals surface area contributed by atoms with Gasteiger partial charge in [-0.1, -0.05) is 18.5 Å². The Labute approximate surface area is 122 Å². The van der Waals surface area contributed by atoms with E-state index in [2.05, 4.69) is 10.6 Å². The smallest absolute Gasteiger partial charge is 0.243 e. The normalized spacial score (nSPS) is 9.95. The van der Waals surface area contributed by atoms with Gasteiger partial charge >= 0.3 is 0 Å². The molecule has 7 heteroatoms. The summed E-state index contributed by atoms with van der Waals surface area (Å²) in [5.74, 6) is -0.237. The lowest BCUT2D eigenvalue weighted by Gasteiger charge is -2.12. The molecule has 1 rings (SSSR count). The maximum absolute atomic E-state index is 11.7. The van der Waals surface area contributed by atoms with Crippen LogP contribution < -0.4 is 21.1 Å². The van der Waals surface area contributed by atoms with E-state index >= 15 is 0 Å². The first-order chi connectivity index (χ1) is 9.56. The molecule has 0 unspecified atom stereocenters. The predicted molar refractivity (Wildman–Crippen MR) is 77.9 cm³/mol. The van der Waals surface area contributed by atoms with Crippen LogP contribution in [0.15, 0.2) is 18.2 Å². The molecule has 4 N–H and O–H groups in total. The second kappa shape index (κ2) is 8.39. The average molecular weight is 300 g/mol. The molecule has 0 fully saturated rings. The summed E-state index contributed by atoms with van der Waals surface area (Å²) in [4.78, 5) is 22.7. The van der Waals surface area contributed by atoms with Crippen LogP contribution in [0.1, 0.15) is 13.3 Å². The van der Waals surface area contributed by atoms with Gasteiger partial charge in [-0.3, -0.25) is 9.59 Å². The molecule has 0 spiro atoms. The van der Waals surface area contributed by atoms with Crippen LogP contribution >= 0.6 is 11.6 Å². The molecule has 0 radical (unpaired) electrons. The average Bonchev–Trinajstić information content (AvgIpc) is 2.44. The summed E-state index contributed by atoms with van der Waals surface area (Å²) in [6.07, 6.45) is 0.850. The molecule has 1 aromatic carbocycles. The fraction of sp³-hybridized carbons (Fsp3) is 0.385. The number of nitrogens with two attached hydrogens (primary N) is 1. The maximum Gasteiger partial charge on any atom is 0.243 e. The van der Waals surface area contributed by atoms with Gasteiger partial charge in [0.2, 0.25) is 11.8 Å². The van der Waals surface area contributed by atoms with E-state index in [1.54, 1.807) is 18.2 Å². The van der Waals surface area contributed by atoms with E-state index in [9.17, 15) is 9.59 Å². The molecule has 0 aliphatic rings. The van der Waals surface area contributed by atoms with Crippen LogP contribution in [0.2, 0.25) is 5.02 Å². The number of hydrogen-bond acceptors (Lipinski definition) is 4. The molecular weight excluding hydrogens is 282 g/mol. The monoisotopic (exact) mass is 299 g/mol. The second-order valence-electron chi connectivity index (χ2n) is 4.02. The molecule has 0 bridgehead atoms. The van der Waals surface area contributed by atoms with Gasteiger partial charge < -0.3 is 21.1 Å². The van der Waals surface area contributed by atoms with Gasteiger partial charge in [-0.05, 0) is 24.6 Å². The van der Waals surface area contributed by atoms with Gasteiger partial charge in [0.15, 0.2) is 0 Å². The quantitative estimate of drug-likeness (QED) is 0.704. The first kappa shape index (κ1) is 16.3. The Morgan fingerprint density at radius 1 is 1.35 bits per heavy atom. The Bertz CT molecular complexity index is 480. The first-order valence-electron chi connectivity index (χ1n) is 6.25. The molecule has 20 heavy (non-hydrogen) atoms. The lowest BCUT2D eigenvalue weighted by molar-refractivity contribution is -0.123. The van der Waals surface area contributed by atoms with Crippen LogP contribution in [0.5, 0.6) is 5.75 Å². The Kier molecular flexibility index (Phi) is 6.83. The van der Waals surface area contributed by atoms with Crippen molar-refractivity contribution in [2.75, 3.05) is 25.0 Å². The third kappa shape index (κ3) is 5.46. The molecule has 0 heterocycles. The highest BCUT2D eigenvalue weighted by molar-refractivity contribution is 6.31. The van der Waals surface area contributed by atoms with Crippen molar-refractivity contribution in [2.24, 2.45) is 5.73 Å². The minimum absolute atomic E-state index is 0.157. The number of anilines is 1. The van der Waals surface area contributed by atoms with Crippen molar-refractivity contribution in [3.63, 3.8) is 0 Å². The highest BCUT2D eigenvalue weighted by atomic mass is 35.5. The number of benzene rings is 1. The lowest BCUT2D eigenvalue weighted by atomic mass is 10.3. The maximum atomic E-state index is 11.7. The Morgan fingerprint density at radius 2 is 2.10 bits per heavy atom. The number of hydrogen-bond donors (Lipinski definition) is 3. The highest BCUT2D eigenvalue weighted by Crippen LogP contribution is 2.28. The Balaban J connectivity index is 2.67. The largest absolute Gasteiger partial charge is 0.491 e. The van der Waals surface area contributed by atoms with Gasteiger partial charge in [0, 0.05) is 5.02 Å². The highest BCUT2D eigenvalue weighted by Gasteiger charge is 2.09. The summed E-state index contributed by atoms with van der Waals surface area (Å²) in [5.41, 5.74) is 5.60. The molecular formula is C13H18ClN3O3. The topological polar surface area (TPSA) is 93.5 Å². The van der Waals surface area contributed by atoms with Crippen molar-refractivity contribution in [3.05, 3.63) is 23.2 Å². The molecule has 0 aliphatic heterocycles. The Hall–Kier alpha value is -1.79.